The molecule has 1 atom stereocenters. The van der Waals surface area contributed by atoms with Gasteiger partial charge in [0.1, 0.15) is 11.8 Å². The van der Waals surface area contributed by atoms with E-state index >= 15 is 0 Å². The van der Waals surface area contributed by atoms with E-state index in [-0.39, 0.29) is 18.2 Å². The van der Waals surface area contributed by atoms with Gasteiger partial charge in [-0.2, -0.15) is 0 Å². The summed E-state index contributed by atoms with van der Waals surface area (Å²) in [6.45, 7) is 4.84. The Kier molecular flexibility index (Phi) is 9.00. The minimum Gasteiger partial charge on any atom is -0.497 e. The molecular formula is C23H29ClN2O3. The molecule has 5 nitrogen and oxygen atoms in total. The molecule has 2 aromatic rings. The van der Waals surface area contributed by atoms with Crippen molar-refractivity contribution < 1.29 is 14.3 Å². The van der Waals surface area contributed by atoms with Gasteiger partial charge in [0.2, 0.25) is 11.8 Å². The van der Waals surface area contributed by atoms with Gasteiger partial charge >= 0.3 is 0 Å². The summed E-state index contributed by atoms with van der Waals surface area (Å²) in [5, 5.41) is 3.47. The van der Waals surface area contributed by atoms with Crippen molar-refractivity contribution in [1.29, 1.82) is 0 Å². The molecule has 0 saturated heterocycles. The molecular weight excluding hydrogens is 388 g/mol. The summed E-state index contributed by atoms with van der Waals surface area (Å²) in [7, 11) is 1.61. The average molecular weight is 417 g/mol. The maximum Gasteiger partial charge on any atom is 0.242 e. The molecule has 0 fully saturated rings. The second-order valence-electron chi connectivity index (χ2n) is 6.85. The number of methoxy groups -OCH3 is 1. The van der Waals surface area contributed by atoms with Crippen molar-refractivity contribution >= 4 is 23.4 Å². The predicted molar refractivity (Wildman–Crippen MR) is 116 cm³/mol. The zero-order chi connectivity index (χ0) is 21.2. The van der Waals surface area contributed by atoms with Crippen LogP contribution in [0.4, 0.5) is 0 Å². The average Bonchev–Trinajstić information content (AvgIpc) is 2.74. The van der Waals surface area contributed by atoms with Gasteiger partial charge in [-0.25, -0.2) is 0 Å². The smallest absolute Gasteiger partial charge is 0.242 e. The van der Waals surface area contributed by atoms with Gasteiger partial charge in [0.25, 0.3) is 0 Å². The lowest BCUT2D eigenvalue weighted by molar-refractivity contribution is -0.140. The van der Waals surface area contributed by atoms with Gasteiger partial charge < -0.3 is 15.0 Å². The Hall–Kier alpha value is -2.53. The maximum absolute atomic E-state index is 13.2. The largest absolute Gasteiger partial charge is 0.497 e. The molecule has 2 amide bonds. The molecule has 156 valence electrons. The Bertz CT molecular complexity index is 808. The first kappa shape index (κ1) is 22.8. The fraction of sp³-hybridized carbons (Fsp3) is 0.391. The summed E-state index contributed by atoms with van der Waals surface area (Å²) in [6.07, 6.45) is 1.52. The minimum atomic E-state index is -0.543. The highest BCUT2D eigenvalue weighted by molar-refractivity contribution is 6.31. The zero-order valence-electron chi connectivity index (χ0n) is 17.3. The lowest BCUT2D eigenvalue weighted by Crippen LogP contribution is -2.49. The number of nitrogens with zero attached hydrogens (tertiary/aromatic N) is 1. The van der Waals surface area contributed by atoms with Crippen LogP contribution in [0.1, 0.15) is 37.8 Å². The second-order valence-corrected chi connectivity index (χ2v) is 7.26. The van der Waals surface area contributed by atoms with E-state index in [1.165, 1.54) is 0 Å². The fourth-order valence-electron chi connectivity index (χ4n) is 3.12. The van der Waals surface area contributed by atoms with Crippen molar-refractivity contribution in [2.24, 2.45) is 0 Å². The van der Waals surface area contributed by atoms with Crippen LogP contribution in [0, 0.1) is 0 Å². The van der Waals surface area contributed by atoms with E-state index in [0.29, 0.717) is 24.5 Å². The highest BCUT2D eigenvalue weighted by atomic mass is 35.5. The molecule has 0 heterocycles. The number of halogens is 1. The van der Waals surface area contributed by atoms with Gasteiger partial charge in [0.05, 0.1) is 13.5 Å². The van der Waals surface area contributed by atoms with Crippen molar-refractivity contribution in [2.45, 2.75) is 45.7 Å². The van der Waals surface area contributed by atoms with Crippen LogP contribution in [0.3, 0.4) is 0 Å². The normalized spacial score (nSPS) is 11.6. The van der Waals surface area contributed by atoms with Crippen molar-refractivity contribution in [3.8, 4) is 5.75 Å². The monoisotopic (exact) mass is 416 g/mol. The van der Waals surface area contributed by atoms with Gasteiger partial charge in [0, 0.05) is 18.1 Å². The highest BCUT2D eigenvalue weighted by Gasteiger charge is 2.28. The van der Waals surface area contributed by atoms with E-state index in [1.54, 1.807) is 18.1 Å². The topological polar surface area (TPSA) is 58.6 Å². The lowest BCUT2D eigenvalue weighted by atomic mass is 10.1. The number of hydrogen-bond donors (Lipinski definition) is 1. The van der Waals surface area contributed by atoms with Crippen LogP contribution in [0.25, 0.3) is 0 Å². The number of nitrogens with one attached hydrogen (secondary N) is 1. The summed E-state index contributed by atoms with van der Waals surface area (Å²) in [5.41, 5.74) is 1.68. The predicted octanol–water partition coefficient (Wildman–Crippen LogP) is 4.22. The number of hydrogen-bond acceptors (Lipinski definition) is 3. The van der Waals surface area contributed by atoms with Crippen LogP contribution < -0.4 is 10.1 Å². The Balaban J connectivity index is 2.27. The van der Waals surface area contributed by atoms with Gasteiger partial charge in [-0.3, -0.25) is 9.59 Å². The van der Waals surface area contributed by atoms with Crippen molar-refractivity contribution in [3.05, 3.63) is 64.7 Å². The molecule has 29 heavy (non-hydrogen) atoms. The second kappa shape index (κ2) is 11.5. The van der Waals surface area contributed by atoms with E-state index < -0.39 is 6.04 Å². The van der Waals surface area contributed by atoms with Crippen LogP contribution in [-0.4, -0.2) is 36.4 Å². The number of benzene rings is 2. The number of carbonyl (C=O) groups excluding carboxylic acids is 2. The first-order valence-electron chi connectivity index (χ1n) is 9.93. The molecule has 1 unspecified atom stereocenters. The third kappa shape index (κ3) is 6.50. The first-order chi connectivity index (χ1) is 14.0. The Morgan fingerprint density at radius 2 is 1.79 bits per heavy atom. The molecule has 0 bridgehead atoms. The summed E-state index contributed by atoms with van der Waals surface area (Å²) < 4.78 is 5.21. The summed E-state index contributed by atoms with van der Waals surface area (Å²) in [5.74, 6) is 0.484. The molecule has 1 N–H and O–H groups in total. The Morgan fingerprint density at radius 1 is 1.10 bits per heavy atom. The quantitative estimate of drug-likeness (QED) is 0.630. The van der Waals surface area contributed by atoms with E-state index in [1.807, 2.05) is 56.3 Å². The number of ether oxygens (including phenoxy) is 1. The van der Waals surface area contributed by atoms with Crippen molar-refractivity contribution in [3.63, 3.8) is 0 Å². The van der Waals surface area contributed by atoms with Gasteiger partial charge in [-0.15, -0.1) is 0 Å². The van der Waals surface area contributed by atoms with Crippen molar-refractivity contribution in [1.82, 2.24) is 10.2 Å². The van der Waals surface area contributed by atoms with Crippen LogP contribution >= 0.6 is 11.6 Å². The number of amides is 2. The van der Waals surface area contributed by atoms with Crippen LogP contribution in [0.15, 0.2) is 48.5 Å². The molecule has 0 saturated carbocycles. The molecule has 0 spiro atoms. The minimum absolute atomic E-state index is 0.129. The van der Waals surface area contributed by atoms with E-state index in [4.69, 9.17) is 16.3 Å². The van der Waals surface area contributed by atoms with Crippen molar-refractivity contribution in [2.75, 3.05) is 13.7 Å². The van der Waals surface area contributed by atoms with Gasteiger partial charge in [0.15, 0.2) is 0 Å². The zero-order valence-corrected chi connectivity index (χ0v) is 18.0. The summed E-state index contributed by atoms with van der Waals surface area (Å²) in [6, 6.07) is 14.3. The fourth-order valence-corrected chi connectivity index (χ4v) is 3.32. The standard InChI is InChI=1S/C23H29ClN2O3/c1-4-14-25-23(28)21(5-2)26(16-17-10-12-19(29-3)13-11-17)22(27)15-18-8-6-7-9-20(18)24/h6-13,21H,4-5,14-16H2,1-3H3,(H,25,28). The third-order valence-corrected chi connectivity index (χ3v) is 5.12. The maximum atomic E-state index is 13.2. The van der Waals surface area contributed by atoms with E-state index in [0.717, 1.165) is 23.3 Å². The van der Waals surface area contributed by atoms with Gasteiger partial charge in [-0.1, -0.05) is 55.8 Å². The number of carbonyl (C=O) groups is 2. The molecule has 0 aliphatic heterocycles. The third-order valence-electron chi connectivity index (χ3n) is 4.75. The van der Waals surface area contributed by atoms with Gasteiger partial charge in [-0.05, 0) is 42.2 Å². The van der Waals surface area contributed by atoms with Crippen LogP contribution in [-0.2, 0) is 22.6 Å². The summed E-state index contributed by atoms with van der Waals surface area (Å²) in [4.78, 5) is 27.6. The van der Waals surface area contributed by atoms with Crippen LogP contribution in [0.5, 0.6) is 5.75 Å². The number of rotatable bonds is 10. The lowest BCUT2D eigenvalue weighted by Gasteiger charge is -2.31. The molecule has 0 aliphatic carbocycles. The molecule has 2 rings (SSSR count). The highest BCUT2D eigenvalue weighted by Crippen LogP contribution is 2.20. The Morgan fingerprint density at radius 3 is 2.38 bits per heavy atom. The first-order valence-corrected chi connectivity index (χ1v) is 10.3. The Labute approximate surface area is 178 Å². The molecule has 0 aliphatic rings. The molecule has 6 heteroatoms. The van der Waals surface area contributed by atoms with E-state index in [2.05, 4.69) is 5.32 Å². The van der Waals surface area contributed by atoms with E-state index in [9.17, 15) is 9.59 Å². The SMILES string of the molecule is CCCNC(=O)C(CC)N(Cc1ccc(OC)cc1)C(=O)Cc1ccccc1Cl. The summed E-state index contributed by atoms with van der Waals surface area (Å²) >= 11 is 6.25. The molecule has 2 aromatic carbocycles. The molecule has 0 radical (unpaired) electrons. The molecule has 0 aromatic heterocycles. The van der Waals surface area contributed by atoms with Crippen LogP contribution in [0.2, 0.25) is 5.02 Å².